The third kappa shape index (κ3) is 16.0. The number of morpholine rings is 1. The van der Waals surface area contributed by atoms with Crippen LogP contribution in [-0.4, -0.2) is 145 Å². The van der Waals surface area contributed by atoms with Gasteiger partial charge in [-0.1, -0.05) is 136 Å². The molecule has 0 bridgehead atoms. The molecule has 0 radical (unpaired) electrons. The fourth-order valence-corrected chi connectivity index (χ4v) is 17.8. The quantitative estimate of drug-likeness (QED) is 0.0179. The van der Waals surface area contributed by atoms with Gasteiger partial charge in [-0.05, 0) is 110 Å². The largest absolute Gasteiger partial charge is 0.491 e. The lowest BCUT2D eigenvalue weighted by atomic mass is 10.1. The number of quaternary nitrogens is 1. The third-order valence-corrected chi connectivity index (χ3v) is 23.7. The van der Waals surface area contributed by atoms with Crippen LogP contribution in [0, 0.1) is 24.6 Å². The lowest BCUT2D eigenvalue weighted by Crippen LogP contribution is -2.69. The molecule has 1 fully saturated rings. The Labute approximate surface area is 494 Å². The molecular formula is C63H82FN8O6S2Si2+. The molecular weight excluding hydrogens is 1100 g/mol. The molecule has 7 aromatic rings. The van der Waals surface area contributed by atoms with Gasteiger partial charge in [0.1, 0.15) is 26.4 Å². The van der Waals surface area contributed by atoms with E-state index in [1.165, 1.54) is 34.9 Å². The average Bonchev–Trinajstić information content (AvgIpc) is 4.15. The first kappa shape index (κ1) is 62.1. The van der Waals surface area contributed by atoms with Gasteiger partial charge in [0, 0.05) is 31.7 Å². The monoisotopic (exact) mass is 1190 g/mol. The SMILES string of the molecule is COC(=O)c1nc(N(CCCC(C[N+]2(C)CCOCC2)O[Si](c2ccccc2)(c2ccccc2)C(C)(C)C)c2cc(C)c(N=c3sc4ccccc4n3COCC[Si](C)(C)C)nn2)sc1CCCOc1ccc(C#CCN(C)C)cc1F. The Balaban J connectivity index is 1.13. The van der Waals surface area contributed by atoms with E-state index >= 15 is 4.39 Å². The Kier molecular flexibility index (Phi) is 21.3. The highest BCUT2D eigenvalue weighted by molar-refractivity contribution is 7.16. The van der Waals surface area contributed by atoms with Crippen molar-refractivity contribution in [3.05, 3.63) is 142 Å². The first-order valence-corrected chi connectivity index (χ1v) is 35.7. The molecule has 4 aromatic carbocycles. The van der Waals surface area contributed by atoms with E-state index in [4.69, 9.17) is 43.5 Å². The maximum Gasteiger partial charge on any atom is 0.357 e. The van der Waals surface area contributed by atoms with Crippen LogP contribution < -0.4 is 24.8 Å². The Bertz CT molecular complexity index is 3320. The molecule has 0 spiro atoms. The summed E-state index contributed by atoms with van der Waals surface area (Å²) in [4.78, 5) is 29.3. The van der Waals surface area contributed by atoms with E-state index in [1.54, 1.807) is 23.5 Å². The third-order valence-electron chi connectivity index (χ3n) is 14.8. The molecule has 0 amide bonds. The van der Waals surface area contributed by atoms with Crippen molar-refractivity contribution in [2.45, 2.75) is 96.9 Å². The number of likely N-dealkylation sites (N-methyl/N-ethyl adjacent to an activating group) is 1. The predicted octanol–water partition coefficient (Wildman–Crippen LogP) is 11.0. The summed E-state index contributed by atoms with van der Waals surface area (Å²) in [6.07, 6.45) is 2.18. The van der Waals surface area contributed by atoms with Crippen molar-refractivity contribution in [1.29, 1.82) is 0 Å². The molecule has 82 heavy (non-hydrogen) atoms. The number of hydrogen-bond acceptors (Lipinski definition) is 14. The zero-order chi connectivity index (χ0) is 58.5. The van der Waals surface area contributed by atoms with Crippen LogP contribution in [-0.2, 0) is 31.8 Å². The topological polar surface area (TPSA) is 126 Å². The van der Waals surface area contributed by atoms with Gasteiger partial charge in [-0.3, -0.25) is 9.47 Å². The van der Waals surface area contributed by atoms with Crippen molar-refractivity contribution in [3.63, 3.8) is 0 Å². The normalized spacial score (nSPS) is 14.4. The standard InChI is InChI=1S/C63H82FN8O6S2Si2/c1-47-43-57(67-68-59(47)66-62-71(46-76-41-42-81(9,10)11)53-29-18-19-30-55(53)79-62)70(61-65-58(60(73)74-8)56(80-61)31-22-38-77-54-33-32-48(44-52(54)64)23-20-34-69(5)6)35-21-24-49(45-72(7)36-39-75-40-37-72)78-82(63(2,3)4,50-25-14-12-15-26-50)51-27-16-13-17-28-51/h12-19,25-30,32-33,43-44,49H,21-22,24,31,34-42,45-46H2,1-11H3/q+1. The number of ether oxygens (including phenoxy) is 4. The summed E-state index contributed by atoms with van der Waals surface area (Å²) in [6.45, 7) is 22.3. The number of methoxy groups -OCH3 is 1. The molecule has 3 aromatic heterocycles. The fraction of sp³-hybridized carbons (Fsp3) is 0.444. The van der Waals surface area contributed by atoms with E-state index in [2.05, 4.69) is 142 Å². The number of para-hydroxylation sites is 1. The Morgan fingerprint density at radius 3 is 2.26 bits per heavy atom. The van der Waals surface area contributed by atoms with Crippen LogP contribution in [0.1, 0.15) is 66.5 Å². The summed E-state index contributed by atoms with van der Waals surface area (Å²) in [5, 5.41) is 12.6. The summed E-state index contributed by atoms with van der Waals surface area (Å²) in [5.41, 5.74) is 2.66. The van der Waals surface area contributed by atoms with Gasteiger partial charge in [0.05, 0.1) is 56.8 Å². The second kappa shape index (κ2) is 28.1. The number of aryl methyl sites for hydroxylation is 2. The first-order valence-electron chi connectivity index (χ1n) is 28.4. The van der Waals surface area contributed by atoms with Crippen molar-refractivity contribution < 1.29 is 37.0 Å². The highest BCUT2D eigenvalue weighted by atomic mass is 32.1. The number of thiazole rings is 2. The number of nitrogens with zero attached hydrogens (tertiary/aromatic N) is 8. The number of fused-ring (bicyclic) bond motifs is 1. The number of rotatable bonds is 25. The number of carbonyl (C=O) groups excluding carboxylic acids is 1. The summed E-state index contributed by atoms with van der Waals surface area (Å²) in [7, 11) is 3.28. The molecule has 436 valence electrons. The van der Waals surface area contributed by atoms with Gasteiger partial charge in [-0.15, -0.1) is 21.5 Å². The van der Waals surface area contributed by atoms with Gasteiger partial charge in [0.25, 0.3) is 8.32 Å². The van der Waals surface area contributed by atoms with Crippen molar-refractivity contribution in [2.24, 2.45) is 4.99 Å². The minimum absolute atomic E-state index is 0.140. The van der Waals surface area contributed by atoms with Crippen LogP contribution in [0.2, 0.25) is 30.7 Å². The van der Waals surface area contributed by atoms with Crippen molar-refractivity contribution in [2.75, 3.05) is 92.3 Å². The van der Waals surface area contributed by atoms with Gasteiger partial charge >= 0.3 is 5.97 Å². The zero-order valence-electron chi connectivity index (χ0n) is 49.8. The maximum absolute atomic E-state index is 15.2. The molecule has 8 rings (SSSR count). The van der Waals surface area contributed by atoms with Crippen LogP contribution in [0.15, 0.2) is 114 Å². The zero-order valence-corrected chi connectivity index (χ0v) is 53.4. The maximum atomic E-state index is 15.2. The number of carbonyl (C=O) groups is 1. The summed E-state index contributed by atoms with van der Waals surface area (Å²) in [5.74, 6) is 6.22. The predicted molar refractivity (Wildman–Crippen MR) is 335 cm³/mol. The lowest BCUT2D eigenvalue weighted by molar-refractivity contribution is -0.919. The summed E-state index contributed by atoms with van der Waals surface area (Å²) < 4.78 is 50.8. The number of hydrogen-bond donors (Lipinski definition) is 0. The van der Waals surface area contributed by atoms with Crippen molar-refractivity contribution in [1.82, 2.24) is 24.6 Å². The smallest absolute Gasteiger partial charge is 0.357 e. The van der Waals surface area contributed by atoms with Gasteiger partial charge in [0.2, 0.25) is 0 Å². The minimum Gasteiger partial charge on any atom is -0.491 e. The van der Waals surface area contributed by atoms with Crippen LogP contribution in [0.25, 0.3) is 10.2 Å². The van der Waals surface area contributed by atoms with Crippen LogP contribution >= 0.6 is 22.7 Å². The first-order chi connectivity index (χ1) is 39.3. The Hall–Kier alpha value is -5.93. The Morgan fingerprint density at radius 1 is 0.915 bits per heavy atom. The van der Waals surface area contributed by atoms with Crippen molar-refractivity contribution >= 4 is 82.4 Å². The van der Waals surface area contributed by atoms with Gasteiger partial charge in [-0.25, -0.2) is 14.2 Å². The van der Waals surface area contributed by atoms with E-state index in [9.17, 15) is 4.79 Å². The summed E-state index contributed by atoms with van der Waals surface area (Å²) in [6, 6.07) is 37.8. The Morgan fingerprint density at radius 2 is 1.61 bits per heavy atom. The molecule has 0 N–H and O–H groups in total. The van der Waals surface area contributed by atoms with Crippen LogP contribution in [0.5, 0.6) is 5.75 Å². The number of aromatic nitrogens is 4. The highest BCUT2D eigenvalue weighted by Gasteiger charge is 2.52. The molecule has 1 unspecified atom stereocenters. The second-order valence-electron chi connectivity index (χ2n) is 23.9. The lowest BCUT2D eigenvalue weighted by Gasteiger charge is -2.47. The highest BCUT2D eigenvalue weighted by Crippen LogP contribution is 2.39. The van der Waals surface area contributed by atoms with Gasteiger partial charge < -0.3 is 32.8 Å². The van der Waals surface area contributed by atoms with Gasteiger partial charge in [-0.2, -0.15) is 4.99 Å². The molecule has 19 heteroatoms. The molecule has 1 saturated heterocycles. The van der Waals surface area contributed by atoms with Gasteiger partial charge in [0.15, 0.2) is 38.8 Å². The molecule has 0 saturated carbocycles. The molecule has 14 nitrogen and oxygen atoms in total. The molecule has 1 aliphatic heterocycles. The number of anilines is 2. The summed E-state index contributed by atoms with van der Waals surface area (Å²) >= 11 is 3.00. The number of halogens is 1. The molecule has 1 aliphatic rings. The van der Waals surface area contributed by atoms with Crippen LogP contribution in [0.4, 0.5) is 21.2 Å². The van der Waals surface area contributed by atoms with E-state index in [-0.39, 0.29) is 29.2 Å². The molecule has 4 heterocycles. The fourth-order valence-electron chi connectivity index (χ4n) is 10.2. The van der Waals surface area contributed by atoms with Crippen molar-refractivity contribution in [3.8, 4) is 17.6 Å². The average molecular weight is 1190 g/mol. The minimum atomic E-state index is -2.98. The molecule has 0 aliphatic carbocycles. The van der Waals surface area contributed by atoms with E-state index in [0.29, 0.717) is 81.2 Å². The van der Waals surface area contributed by atoms with Crippen LogP contribution in [0.3, 0.4) is 0 Å². The van der Waals surface area contributed by atoms with E-state index in [1.807, 2.05) is 44.1 Å². The number of esters is 1. The molecule has 1 atom stereocenters. The second-order valence-corrected chi connectivity index (χ2v) is 35.8. The number of benzene rings is 4. The van der Waals surface area contributed by atoms with E-state index in [0.717, 1.165) is 62.0 Å². The van der Waals surface area contributed by atoms with E-state index < -0.39 is 28.2 Å².